The number of hydrogen-bond acceptors (Lipinski definition) is 2. The Morgan fingerprint density at radius 2 is 0.933 bits per heavy atom. The predicted molar refractivity (Wildman–Crippen MR) is 133 cm³/mol. The van der Waals surface area contributed by atoms with Crippen LogP contribution in [0.4, 0.5) is 0 Å². The average molecular weight is 423 g/mol. The molecule has 0 unspecified atom stereocenters. The molecule has 0 saturated heterocycles. The van der Waals surface area contributed by atoms with Gasteiger partial charge >= 0.3 is 5.97 Å². The van der Waals surface area contributed by atoms with Crippen LogP contribution in [0.1, 0.15) is 155 Å². The average Bonchev–Trinajstić information content (AvgIpc) is 2.75. The van der Waals surface area contributed by atoms with E-state index in [0.717, 1.165) is 12.8 Å². The molecule has 2 heteroatoms. The Morgan fingerprint density at radius 3 is 1.43 bits per heavy atom. The summed E-state index contributed by atoms with van der Waals surface area (Å²) in [5, 5.41) is 0. The van der Waals surface area contributed by atoms with E-state index in [4.69, 9.17) is 4.74 Å². The highest BCUT2D eigenvalue weighted by atomic mass is 16.5. The van der Waals surface area contributed by atoms with E-state index in [1.54, 1.807) is 0 Å². The van der Waals surface area contributed by atoms with E-state index < -0.39 is 0 Å². The maximum atomic E-state index is 11.7. The molecule has 0 radical (unpaired) electrons. The van der Waals surface area contributed by atoms with E-state index in [1.165, 1.54) is 122 Å². The van der Waals surface area contributed by atoms with Gasteiger partial charge in [-0.3, -0.25) is 4.79 Å². The minimum atomic E-state index is 0.0105. The Labute approximate surface area is 189 Å². The monoisotopic (exact) mass is 422 g/mol. The summed E-state index contributed by atoms with van der Waals surface area (Å²) in [5.74, 6) is 0.0105. The second kappa shape index (κ2) is 26.2. The van der Waals surface area contributed by atoms with Crippen molar-refractivity contribution in [1.29, 1.82) is 0 Å². The number of carbonyl (C=O) groups excluding carboxylic acids is 1. The van der Waals surface area contributed by atoms with Crippen LogP contribution < -0.4 is 0 Å². The van der Waals surface area contributed by atoms with Crippen molar-refractivity contribution in [2.45, 2.75) is 155 Å². The third-order valence-electron chi connectivity index (χ3n) is 5.90. The van der Waals surface area contributed by atoms with Gasteiger partial charge in [0.2, 0.25) is 0 Å². The molecule has 178 valence electrons. The van der Waals surface area contributed by atoms with Gasteiger partial charge < -0.3 is 4.74 Å². The molecule has 0 aromatic rings. The molecule has 2 nitrogen and oxygen atoms in total. The lowest BCUT2D eigenvalue weighted by Gasteiger charge is -2.05. The summed E-state index contributed by atoms with van der Waals surface area (Å²) in [6, 6.07) is 0. The van der Waals surface area contributed by atoms with E-state index in [-0.39, 0.29) is 5.97 Å². The van der Waals surface area contributed by atoms with E-state index in [9.17, 15) is 4.79 Å². The third kappa shape index (κ3) is 25.2. The van der Waals surface area contributed by atoms with Crippen LogP contribution in [0.5, 0.6) is 0 Å². The highest BCUT2D eigenvalue weighted by Gasteiger charge is 2.02. The first-order chi connectivity index (χ1) is 14.8. The van der Waals surface area contributed by atoms with Gasteiger partial charge in [-0.1, -0.05) is 122 Å². The van der Waals surface area contributed by atoms with Gasteiger partial charge in [-0.25, -0.2) is 0 Å². The fourth-order valence-corrected chi connectivity index (χ4v) is 3.83. The molecular weight excluding hydrogens is 368 g/mol. The van der Waals surface area contributed by atoms with E-state index in [1.807, 2.05) is 0 Å². The first-order valence-electron chi connectivity index (χ1n) is 13.6. The minimum Gasteiger partial charge on any atom is -0.466 e. The maximum Gasteiger partial charge on any atom is 0.305 e. The zero-order chi connectivity index (χ0) is 22.0. The van der Waals surface area contributed by atoms with E-state index >= 15 is 0 Å². The molecule has 0 aliphatic carbocycles. The topological polar surface area (TPSA) is 26.3 Å². The van der Waals surface area contributed by atoms with Gasteiger partial charge in [-0.15, -0.1) is 0 Å². The minimum absolute atomic E-state index is 0.0105. The summed E-state index contributed by atoms with van der Waals surface area (Å²) >= 11 is 0. The molecule has 0 heterocycles. The Bertz CT molecular complexity index is 362. The number of carbonyl (C=O) groups is 1. The number of ether oxygens (including phenoxy) is 1. The first-order valence-corrected chi connectivity index (χ1v) is 13.6. The lowest BCUT2D eigenvalue weighted by Crippen LogP contribution is -2.05. The Kier molecular flexibility index (Phi) is 25.6. The Balaban J connectivity index is 3.18. The van der Waals surface area contributed by atoms with Crippen LogP contribution in [0.25, 0.3) is 0 Å². The molecule has 0 bridgehead atoms. The van der Waals surface area contributed by atoms with Crippen molar-refractivity contribution in [3.8, 4) is 0 Å². The van der Waals surface area contributed by atoms with Gasteiger partial charge in [0.25, 0.3) is 0 Å². The highest BCUT2D eigenvalue weighted by Crippen LogP contribution is 2.11. The smallest absolute Gasteiger partial charge is 0.305 e. The molecule has 0 aliphatic heterocycles. The van der Waals surface area contributed by atoms with E-state index in [2.05, 4.69) is 26.0 Å². The Morgan fingerprint density at radius 1 is 0.533 bits per heavy atom. The van der Waals surface area contributed by atoms with Gasteiger partial charge in [0, 0.05) is 6.42 Å². The SMILES string of the molecule is CCCCCCCC/C=C/CCCCCCCCOC(=O)CCCCCCCCC. The molecule has 0 saturated carbocycles. The number of allylic oxidation sites excluding steroid dienone is 2. The van der Waals surface area contributed by atoms with Crippen molar-refractivity contribution < 1.29 is 9.53 Å². The molecule has 0 N–H and O–H groups in total. The van der Waals surface area contributed by atoms with Crippen LogP contribution in [0.3, 0.4) is 0 Å². The number of rotatable bonds is 24. The Hall–Kier alpha value is -0.790. The molecule has 30 heavy (non-hydrogen) atoms. The molecule has 0 spiro atoms. The first kappa shape index (κ1) is 29.2. The van der Waals surface area contributed by atoms with Gasteiger partial charge in [-0.05, 0) is 38.5 Å². The standard InChI is InChI=1S/C28H54O2/c1-3-5-7-9-11-12-13-14-15-16-17-18-19-21-23-25-27-30-28(29)26-24-22-20-10-8-6-4-2/h14-15H,3-13,16-27H2,1-2H3/b15-14+. The fraction of sp³-hybridized carbons (Fsp3) is 0.893. The molecule has 0 atom stereocenters. The van der Waals surface area contributed by atoms with Gasteiger partial charge in [0.1, 0.15) is 0 Å². The van der Waals surface area contributed by atoms with Gasteiger partial charge in [0.05, 0.1) is 6.61 Å². The summed E-state index contributed by atoms with van der Waals surface area (Å²) in [5.41, 5.74) is 0. The highest BCUT2D eigenvalue weighted by molar-refractivity contribution is 5.69. The zero-order valence-electron chi connectivity index (χ0n) is 20.7. The predicted octanol–water partition coefficient (Wildman–Crippen LogP) is 9.71. The number of esters is 1. The zero-order valence-corrected chi connectivity index (χ0v) is 20.7. The largest absolute Gasteiger partial charge is 0.466 e. The van der Waals surface area contributed by atoms with Crippen molar-refractivity contribution in [2.75, 3.05) is 6.61 Å². The van der Waals surface area contributed by atoms with Crippen LogP contribution in [0.15, 0.2) is 12.2 Å². The lowest BCUT2D eigenvalue weighted by molar-refractivity contribution is -0.143. The lowest BCUT2D eigenvalue weighted by atomic mass is 10.1. The van der Waals surface area contributed by atoms with Crippen molar-refractivity contribution >= 4 is 5.97 Å². The summed E-state index contributed by atoms with van der Waals surface area (Å²) in [6.07, 6.45) is 32.4. The summed E-state index contributed by atoms with van der Waals surface area (Å²) in [6.45, 7) is 5.14. The fourth-order valence-electron chi connectivity index (χ4n) is 3.83. The molecule has 0 fully saturated rings. The van der Waals surface area contributed by atoms with Crippen LogP contribution in [0.2, 0.25) is 0 Å². The normalized spacial score (nSPS) is 11.4. The van der Waals surface area contributed by atoms with Crippen LogP contribution in [-0.4, -0.2) is 12.6 Å². The molecule has 0 aromatic heterocycles. The molecule has 0 rings (SSSR count). The van der Waals surface area contributed by atoms with Crippen molar-refractivity contribution in [2.24, 2.45) is 0 Å². The van der Waals surface area contributed by atoms with Crippen molar-refractivity contribution in [3.05, 3.63) is 12.2 Å². The second-order valence-corrected chi connectivity index (χ2v) is 9.03. The molecular formula is C28H54O2. The summed E-state index contributed by atoms with van der Waals surface area (Å²) < 4.78 is 5.36. The van der Waals surface area contributed by atoms with Crippen molar-refractivity contribution in [1.82, 2.24) is 0 Å². The van der Waals surface area contributed by atoms with Crippen molar-refractivity contribution in [3.63, 3.8) is 0 Å². The van der Waals surface area contributed by atoms with Crippen LogP contribution in [-0.2, 0) is 9.53 Å². The number of unbranched alkanes of at least 4 members (excludes halogenated alkanes) is 18. The van der Waals surface area contributed by atoms with Crippen LogP contribution in [0, 0.1) is 0 Å². The quantitative estimate of drug-likeness (QED) is 0.0878. The third-order valence-corrected chi connectivity index (χ3v) is 5.90. The second-order valence-electron chi connectivity index (χ2n) is 9.03. The van der Waals surface area contributed by atoms with Crippen LogP contribution >= 0.6 is 0 Å². The molecule has 0 aromatic carbocycles. The molecule has 0 aliphatic rings. The van der Waals surface area contributed by atoms with Gasteiger partial charge in [-0.2, -0.15) is 0 Å². The van der Waals surface area contributed by atoms with Gasteiger partial charge in [0.15, 0.2) is 0 Å². The molecule has 0 amide bonds. The maximum absolute atomic E-state index is 11.7. The number of hydrogen-bond donors (Lipinski definition) is 0. The summed E-state index contributed by atoms with van der Waals surface area (Å²) in [4.78, 5) is 11.7. The van der Waals surface area contributed by atoms with E-state index in [0.29, 0.717) is 13.0 Å². The summed E-state index contributed by atoms with van der Waals surface area (Å²) in [7, 11) is 0.